The van der Waals surface area contributed by atoms with Crippen LogP contribution < -0.4 is 9.30 Å². The number of pyridine rings is 1. The van der Waals surface area contributed by atoms with Crippen molar-refractivity contribution in [2.75, 3.05) is 0 Å². The predicted molar refractivity (Wildman–Crippen MR) is 133 cm³/mol. The molecule has 0 amide bonds. The Labute approximate surface area is 189 Å². The van der Waals surface area contributed by atoms with Crippen molar-refractivity contribution in [2.45, 2.75) is 54.4 Å². The summed E-state index contributed by atoms with van der Waals surface area (Å²) < 4.78 is 10.4. The lowest BCUT2D eigenvalue weighted by Gasteiger charge is -2.23. The quantitative estimate of drug-likeness (QED) is 0.267. The zero-order chi connectivity index (χ0) is 22.0. The Morgan fingerprint density at radius 1 is 0.903 bits per heavy atom. The van der Waals surface area contributed by atoms with Crippen molar-refractivity contribution in [3.8, 4) is 22.8 Å². The smallest absolute Gasteiger partial charge is 0.228 e. The van der Waals surface area contributed by atoms with E-state index in [4.69, 9.17) is 4.74 Å². The van der Waals surface area contributed by atoms with Gasteiger partial charge in [0.15, 0.2) is 11.9 Å². The fourth-order valence-corrected chi connectivity index (χ4v) is 6.46. The van der Waals surface area contributed by atoms with Crippen LogP contribution in [-0.4, -0.2) is 0 Å². The second-order valence-electron chi connectivity index (χ2n) is 10.0. The van der Waals surface area contributed by atoms with Crippen LogP contribution in [0.3, 0.4) is 0 Å². The molecule has 0 atom stereocenters. The van der Waals surface area contributed by atoms with Crippen LogP contribution in [0.25, 0.3) is 32.1 Å². The lowest BCUT2D eigenvalue weighted by Crippen LogP contribution is -2.31. The van der Waals surface area contributed by atoms with Gasteiger partial charge in [-0.2, -0.15) is 0 Å². The first kappa shape index (κ1) is 20.5. The van der Waals surface area contributed by atoms with Gasteiger partial charge < -0.3 is 4.74 Å². The molecule has 2 aromatic heterocycles. The Hall–Kier alpha value is -2.39. The third kappa shape index (κ3) is 3.17. The highest BCUT2D eigenvalue weighted by Crippen LogP contribution is 2.54. The monoisotopic (exact) mass is 430 g/mol. The average Bonchev–Trinajstić information content (AvgIpc) is 3.05. The van der Waals surface area contributed by atoms with E-state index >= 15 is 0 Å². The van der Waals surface area contributed by atoms with Crippen molar-refractivity contribution >= 4 is 32.2 Å². The SMILES string of the molecule is Cc1c2c(c(C)c3ccc(CC(C)C)cc13)-c1c3c(c(CC(C)C)sc3cc[n+]1C)O2. The second-order valence-corrected chi connectivity index (χ2v) is 11.1. The molecule has 160 valence electrons. The maximum absolute atomic E-state index is 6.81. The van der Waals surface area contributed by atoms with E-state index in [2.05, 4.69) is 83.6 Å². The number of benzene rings is 2. The lowest BCUT2D eigenvalue weighted by molar-refractivity contribution is -0.659. The standard InChI is InChI=1S/C28H32NOS/c1-15(2)12-19-8-9-20-17(5)24-26-25-22(10-11-29(26)7)31-23(13-16(3)4)28(25)30-27(24)18(6)21(20)14-19/h8-11,14-16H,12-13H2,1-7H3/q+1. The van der Waals surface area contributed by atoms with Crippen LogP contribution in [0.1, 0.15) is 49.3 Å². The van der Waals surface area contributed by atoms with Crippen LogP contribution in [0.15, 0.2) is 30.5 Å². The minimum Gasteiger partial charge on any atom is -0.454 e. The fraction of sp³-hybridized carbons (Fsp3) is 0.393. The number of hydrogen-bond acceptors (Lipinski definition) is 2. The Kier molecular flexibility index (Phi) is 4.86. The summed E-state index contributed by atoms with van der Waals surface area (Å²) in [6, 6.07) is 9.26. The maximum Gasteiger partial charge on any atom is 0.228 e. The van der Waals surface area contributed by atoms with E-state index < -0.39 is 0 Å². The molecule has 0 saturated heterocycles. The molecule has 0 saturated carbocycles. The van der Waals surface area contributed by atoms with Crippen LogP contribution in [0, 0.1) is 25.7 Å². The summed E-state index contributed by atoms with van der Waals surface area (Å²) in [6.07, 6.45) is 4.36. The Balaban J connectivity index is 1.84. The molecule has 1 aliphatic heterocycles. The summed E-state index contributed by atoms with van der Waals surface area (Å²) in [7, 11) is 2.16. The van der Waals surface area contributed by atoms with E-state index in [1.54, 1.807) is 0 Å². The molecule has 5 rings (SSSR count). The molecule has 3 heterocycles. The first-order valence-corrected chi connectivity index (χ1v) is 12.3. The maximum atomic E-state index is 6.81. The molecule has 2 nitrogen and oxygen atoms in total. The number of aryl methyl sites for hydroxylation is 3. The van der Waals surface area contributed by atoms with Crippen molar-refractivity contribution < 1.29 is 9.30 Å². The van der Waals surface area contributed by atoms with Gasteiger partial charge in [0, 0.05) is 16.5 Å². The van der Waals surface area contributed by atoms with Crippen molar-refractivity contribution in [1.82, 2.24) is 0 Å². The van der Waals surface area contributed by atoms with Crippen LogP contribution in [0.4, 0.5) is 0 Å². The molecule has 0 bridgehead atoms. The zero-order valence-corrected chi connectivity index (χ0v) is 20.5. The Bertz CT molecular complexity index is 1340. The molecule has 0 N–H and O–H groups in total. The van der Waals surface area contributed by atoms with Crippen LogP contribution >= 0.6 is 11.3 Å². The molecule has 0 fully saturated rings. The molecular formula is C28H32NOS+. The highest BCUT2D eigenvalue weighted by atomic mass is 32.1. The van der Waals surface area contributed by atoms with Gasteiger partial charge in [0.05, 0.1) is 10.3 Å². The Morgan fingerprint density at radius 3 is 2.35 bits per heavy atom. The minimum atomic E-state index is 0.601. The van der Waals surface area contributed by atoms with Gasteiger partial charge in [-0.3, -0.25) is 0 Å². The normalized spacial score (nSPS) is 12.8. The third-order valence-electron chi connectivity index (χ3n) is 6.51. The first-order chi connectivity index (χ1) is 14.8. The van der Waals surface area contributed by atoms with E-state index in [0.717, 1.165) is 24.3 Å². The average molecular weight is 431 g/mol. The summed E-state index contributed by atoms with van der Waals surface area (Å²) in [5.74, 6) is 3.39. The van der Waals surface area contributed by atoms with Crippen molar-refractivity contribution in [3.05, 3.63) is 52.0 Å². The van der Waals surface area contributed by atoms with Crippen molar-refractivity contribution in [1.29, 1.82) is 0 Å². The molecule has 4 aromatic rings. The molecule has 3 heteroatoms. The van der Waals surface area contributed by atoms with E-state index in [0.29, 0.717) is 11.8 Å². The summed E-state index contributed by atoms with van der Waals surface area (Å²) in [6.45, 7) is 13.6. The van der Waals surface area contributed by atoms with E-state index in [1.165, 1.54) is 53.7 Å². The van der Waals surface area contributed by atoms with E-state index in [1.807, 2.05) is 11.3 Å². The lowest BCUT2D eigenvalue weighted by atomic mass is 9.88. The van der Waals surface area contributed by atoms with Gasteiger partial charge >= 0.3 is 0 Å². The topological polar surface area (TPSA) is 13.1 Å². The summed E-state index contributed by atoms with van der Waals surface area (Å²) in [4.78, 5) is 1.37. The highest BCUT2D eigenvalue weighted by molar-refractivity contribution is 7.19. The van der Waals surface area contributed by atoms with Gasteiger partial charge in [0.2, 0.25) is 5.69 Å². The second kappa shape index (κ2) is 7.34. The molecule has 0 spiro atoms. The van der Waals surface area contributed by atoms with E-state index in [-0.39, 0.29) is 0 Å². The van der Waals surface area contributed by atoms with E-state index in [9.17, 15) is 0 Å². The number of thiophene rings is 1. The van der Waals surface area contributed by atoms with Crippen molar-refractivity contribution in [2.24, 2.45) is 18.9 Å². The molecule has 0 radical (unpaired) electrons. The first-order valence-electron chi connectivity index (χ1n) is 11.4. The summed E-state index contributed by atoms with van der Waals surface area (Å²) in [5, 5.41) is 3.95. The number of ether oxygens (including phenoxy) is 1. The molecule has 2 aromatic carbocycles. The highest BCUT2D eigenvalue weighted by Gasteiger charge is 2.34. The van der Waals surface area contributed by atoms with Crippen molar-refractivity contribution in [3.63, 3.8) is 0 Å². The number of hydrogen-bond donors (Lipinski definition) is 0. The van der Waals surface area contributed by atoms with Gasteiger partial charge in [0.1, 0.15) is 18.2 Å². The van der Waals surface area contributed by atoms with Gasteiger partial charge in [-0.1, -0.05) is 45.9 Å². The number of aromatic nitrogens is 1. The van der Waals surface area contributed by atoms with Crippen LogP contribution in [-0.2, 0) is 19.9 Å². The number of rotatable bonds is 4. The molecular weight excluding hydrogens is 398 g/mol. The minimum absolute atomic E-state index is 0.601. The van der Waals surface area contributed by atoms with Gasteiger partial charge in [0.25, 0.3) is 0 Å². The van der Waals surface area contributed by atoms with Gasteiger partial charge in [-0.25, -0.2) is 4.57 Å². The fourth-order valence-electron chi connectivity index (χ4n) is 5.12. The Morgan fingerprint density at radius 2 is 1.65 bits per heavy atom. The predicted octanol–water partition coefficient (Wildman–Crippen LogP) is 7.67. The van der Waals surface area contributed by atoms with Gasteiger partial charge in [-0.05, 0) is 60.4 Å². The van der Waals surface area contributed by atoms with Crippen LogP contribution in [0.5, 0.6) is 11.5 Å². The molecule has 31 heavy (non-hydrogen) atoms. The largest absolute Gasteiger partial charge is 0.454 e. The van der Waals surface area contributed by atoms with Crippen LogP contribution in [0.2, 0.25) is 0 Å². The molecule has 0 unspecified atom stereocenters. The number of fused-ring (bicyclic) bond motifs is 3. The number of nitrogens with zero attached hydrogens (tertiary/aromatic N) is 1. The summed E-state index contributed by atoms with van der Waals surface area (Å²) >= 11 is 1.90. The summed E-state index contributed by atoms with van der Waals surface area (Å²) in [5.41, 5.74) is 6.54. The third-order valence-corrected chi connectivity index (χ3v) is 7.67. The molecule has 1 aliphatic rings. The van der Waals surface area contributed by atoms with Gasteiger partial charge in [-0.15, -0.1) is 11.3 Å². The zero-order valence-electron chi connectivity index (χ0n) is 19.7. The molecule has 0 aliphatic carbocycles.